The predicted molar refractivity (Wildman–Crippen MR) is 202 cm³/mol. The van der Waals surface area contributed by atoms with Crippen molar-refractivity contribution in [3.63, 3.8) is 0 Å². The lowest BCUT2D eigenvalue weighted by Crippen LogP contribution is -2.51. The van der Waals surface area contributed by atoms with Crippen LogP contribution in [0.25, 0.3) is 22.2 Å². The van der Waals surface area contributed by atoms with Gasteiger partial charge in [0.05, 0.1) is 43.5 Å². The van der Waals surface area contributed by atoms with Gasteiger partial charge in [0.25, 0.3) is 0 Å². The number of rotatable bonds is 9. The smallest absolute Gasteiger partial charge is 0.407 e. The van der Waals surface area contributed by atoms with Gasteiger partial charge in [-0.3, -0.25) is 9.59 Å². The van der Waals surface area contributed by atoms with E-state index in [0.717, 1.165) is 59.2 Å². The van der Waals surface area contributed by atoms with Crippen LogP contribution in [0.2, 0.25) is 0 Å². The quantitative estimate of drug-likeness (QED) is 0.164. The van der Waals surface area contributed by atoms with Gasteiger partial charge in [-0.2, -0.15) is 0 Å². The van der Waals surface area contributed by atoms with Crippen molar-refractivity contribution in [3.8, 4) is 23.0 Å². The number of hydrogen-bond donors (Lipinski definition) is 4. The number of methoxy groups -OCH3 is 2. The molecule has 4 N–H and O–H groups in total. The number of aromatic amines is 2. The van der Waals surface area contributed by atoms with Crippen LogP contribution >= 0.6 is 0 Å². The van der Waals surface area contributed by atoms with Crippen molar-refractivity contribution in [2.24, 2.45) is 11.8 Å². The zero-order chi connectivity index (χ0) is 38.5. The Balaban J connectivity index is 1.12. The zero-order valence-electron chi connectivity index (χ0n) is 31.6. The van der Waals surface area contributed by atoms with E-state index in [1.165, 1.54) is 14.2 Å². The van der Waals surface area contributed by atoms with Crippen LogP contribution < -0.4 is 10.6 Å². The molecule has 4 atom stereocenters. The Hall–Kier alpha value is -5.84. The molecule has 2 saturated heterocycles. The minimum absolute atomic E-state index is 0.110. The number of imidazole rings is 2. The van der Waals surface area contributed by atoms with Gasteiger partial charge in [-0.1, -0.05) is 51.8 Å². The largest absolute Gasteiger partial charge is 0.453 e. The predicted octanol–water partition coefficient (Wildman–Crippen LogP) is 5.44. The normalized spacial score (nSPS) is 18.0. The third kappa shape index (κ3) is 8.20. The Morgan fingerprint density at radius 3 is 1.87 bits per heavy atom. The third-order valence-electron chi connectivity index (χ3n) is 10.1. The monoisotopic (exact) mass is 736 g/mol. The fourth-order valence-corrected chi connectivity index (χ4v) is 7.21. The number of nitrogens with one attached hydrogen (secondary N) is 4. The molecule has 2 aromatic carbocycles. The summed E-state index contributed by atoms with van der Waals surface area (Å²) in [4.78, 5) is 70.6. The summed E-state index contributed by atoms with van der Waals surface area (Å²) in [5, 5.41) is 5.37. The molecule has 4 aromatic rings. The van der Waals surface area contributed by atoms with Crippen molar-refractivity contribution in [2.75, 3.05) is 27.3 Å². The Morgan fingerprint density at radius 2 is 1.31 bits per heavy atom. The van der Waals surface area contributed by atoms with E-state index in [1.807, 2.05) is 69.0 Å². The summed E-state index contributed by atoms with van der Waals surface area (Å²) in [5.74, 6) is 7.23. The SMILES string of the molecule is COC(=O)N[C@H](C(=O)N1CCC[C@@H]1c1ncc(C#Cc2ccc(-c3ccc4nc([C@@H]5CCCN5C(=O)[C@@H](NC(=O)OC)C(C)C)[nH]c4c3)cc2)[nH]1)C(C)C. The van der Waals surface area contributed by atoms with Crippen molar-refractivity contribution in [2.45, 2.75) is 77.5 Å². The van der Waals surface area contributed by atoms with Crippen LogP contribution in [0.4, 0.5) is 9.59 Å². The Bertz CT molecular complexity index is 2060. The maximum absolute atomic E-state index is 13.6. The maximum atomic E-state index is 13.6. The van der Waals surface area contributed by atoms with Crippen LogP contribution in [0.3, 0.4) is 0 Å². The van der Waals surface area contributed by atoms with E-state index >= 15 is 0 Å². The number of ether oxygens (including phenoxy) is 2. The van der Waals surface area contributed by atoms with Crippen LogP contribution in [0.5, 0.6) is 0 Å². The van der Waals surface area contributed by atoms with Crippen LogP contribution in [-0.4, -0.2) is 93.1 Å². The average Bonchev–Trinajstić information content (AvgIpc) is 4.00. The number of nitrogens with zero attached hydrogens (tertiary/aromatic N) is 4. The first-order valence-electron chi connectivity index (χ1n) is 18.4. The highest BCUT2D eigenvalue weighted by Crippen LogP contribution is 2.34. The summed E-state index contributed by atoms with van der Waals surface area (Å²) in [6.07, 6.45) is 3.63. The molecule has 0 spiro atoms. The second-order valence-electron chi connectivity index (χ2n) is 14.5. The van der Waals surface area contributed by atoms with E-state index < -0.39 is 24.3 Å². The summed E-state index contributed by atoms with van der Waals surface area (Å²) in [6, 6.07) is 12.2. The molecule has 4 heterocycles. The van der Waals surface area contributed by atoms with E-state index in [2.05, 4.69) is 43.5 Å². The molecule has 14 heteroatoms. The first kappa shape index (κ1) is 37.9. The van der Waals surface area contributed by atoms with Gasteiger partial charge in [0.15, 0.2) is 0 Å². The molecule has 2 aliphatic heterocycles. The van der Waals surface area contributed by atoms with Crippen molar-refractivity contribution in [1.82, 2.24) is 40.4 Å². The molecule has 54 heavy (non-hydrogen) atoms. The van der Waals surface area contributed by atoms with Gasteiger partial charge in [-0.05, 0) is 78.8 Å². The number of benzene rings is 2. The molecule has 284 valence electrons. The average molecular weight is 737 g/mol. The highest BCUT2D eigenvalue weighted by atomic mass is 16.5. The Morgan fingerprint density at radius 1 is 0.759 bits per heavy atom. The first-order valence-corrected chi connectivity index (χ1v) is 18.4. The number of amides is 4. The number of alkyl carbamates (subject to hydrolysis) is 2. The lowest BCUT2D eigenvalue weighted by molar-refractivity contribution is -0.136. The highest BCUT2D eigenvalue weighted by Gasteiger charge is 2.39. The van der Waals surface area contributed by atoms with Crippen molar-refractivity contribution in [1.29, 1.82) is 0 Å². The lowest BCUT2D eigenvalue weighted by atomic mass is 10.0. The zero-order valence-corrected chi connectivity index (χ0v) is 31.6. The van der Waals surface area contributed by atoms with Crippen molar-refractivity contribution >= 4 is 35.0 Å². The summed E-state index contributed by atoms with van der Waals surface area (Å²) < 4.78 is 9.49. The summed E-state index contributed by atoms with van der Waals surface area (Å²) >= 11 is 0. The first-order chi connectivity index (χ1) is 26.0. The van der Waals surface area contributed by atoms with Crippen molar-refractivity contribution < 1.29 is 28.7 Å². The maximum Gasteiger partial charge on any atom is 0.407 e. The van der Waals surface area contributed by atoms with E-state index in [-0.39, 0.29) is 35.7 Å². The molecule has 2 aliphatic rings. The molecule has 0 saturated carbocycles. The minimum atomic E-state index is -0.698. The van der Waals surface area contributed by atoms with Crippen LogP contribution in [0, 0.1) is 23.7 Å². The third-order valence-corrected chi connectivity index (χ3v) is 10.1. The number of fused-ring (bicyclic) bond motifs is 1. The van der Waals surface area contributed by atoms with Crippen LogP contribution in [0.1, 0.15) is 88.4 Å². The van der Waals surface area contributed by atoms with E-state index in [9.17, 15) is 19.2 Å². The number of carbonyl (C=O) groups excluding carboxylic acids is 4. The molecule has 0 unspecified atom stereocenters. The molecular formula is C40H48N8O6. The molecule has 0 bridgehead atoms. The van der Waals surface area contributed by atoms with Gasteiger partial charge in [0.2, 0.25) is 11.8 Å². The van der Waals surface area contributed by atoms with E-state index in [1.54, 1.807) is 11.1 Å². The second kappa shape index (κ2) is 16.4. The van der Waals surface area contributed by atoms with Gasteiger partial charge in [0.1, 0.15) is 29.4 Å². The van der Waals surface area contributed by atoms with Gasteiger partial charge in [-0.15, -0.1) is 0 Å². The Kier molecular flexibility index (Phi) is 11.5. The number of hydrogen-bond acceptors (Lipinski definition) is 8. The molecule has 0 radical (unpaired) electrons. The molecule has 2 aromatic heterocycles. The van der Waals surface area contributed by atoms with Crippen LogP contribution in [-0.2, 0) is 19.1 Å². The standard InChI is InChI=1S/C40H48N8O6/c1-23(2)33(45-39(51)53-5)37(49)47-19-7-9-31(47)35-41-22-28(42-35)17-13-25-11-14-26(15-12-25)27-16-18-29-30(21-27)44-36(43-29)32-10-8-20-48(32)38(50)34(24(3)4)46-40(52)54-6/h11-12,14-16,18,21-24,31-34H,7-10,19-20H2,1-6H3,(H,41,42)(H,43,44)(H,45,51)(H,46,52)/t31-,32+,33+,34+/m1/s1. The van der Waals surface area contributed by atoms with Gasteiger partial charge in [-0.25, -0.2) is 19.6 Å². The summed E-state index contributed by atoms with van der Waals surface area (Å²) in [5.41, 5.74) is 5.18. The topological polar surface area (TPSA) is 175 Å². The fraction of sp³-hybridized carbons (Fsp3) is 0.450. The molecular weight excluding hydrogens is 688 g/mol. The van der Waals surface area contributed by atoms with Crippen LogP contribution in [0.15, 0.2) is 48.7 Å². The number of aromatic nitrogens is 4. The minimum Gasteiger partial charge on any atom is -0.453 e. The van der Waals surface area contributed by atoms with E-state index in [4.69, 9.17) is 14.5 Å². The van der Waals surface area contributed by atoms with E-state index in [0.29, 0.717) is 24.6 Å². The number of H-pyrrole nitrogens is 2. The van der Waals surface area contributed by atoms with Gasteiger partial charge >= 0.3 is 12.2 Å². The molecule has 6 rings (SSSR count). The molecule has 14 nitrogen and oxygen atoms in total. The Labute approximate surface area is 314 Å². The molecule has 0 aliphatic carbocycles. The number of likely N-dealkylation sites (tertiary alicyclic amines) is 2. The van der Waals surface area contributed by atoms with Crippen molar-refractivity contribution in [3.05, 3.63) is 71.6 Å². The van der Waals surface area contributed by atoms with Gasteiger partial charge < -0.3 is 39.9 Å². The highest BCUT2D eigenvalue weighted by molar-refractivity contribution is 5.87. The molecule has 2 fully saturated rings. The summed E-state index contributed by atoms with van der Waals surface area (Å²) in [7, 11) is 2.57. The second-order valence-corrected chi connectivity index (χ2v) is 14.5. The lowest BCUT2D eigenvalue weighted by Gasteiger charge is -2.29. The number of carbonyl (C=O) groups is 4. The summed E-state index contributed by atoms with van der Waals surface area (Å²) in [6.45, 7) is 8.74. The molecule has 4 amide bonds. The van der Waals surface area contributed by atoms with Gasteiger partial charge in [0, 0.05) is 18.7 Å². The fourth-order valence-electron chi connectivity index (χ4n) is 7.21.